The van der Waals surface area contributed by atoms with Crippen LogP contribution < -0.4 is 24.7 Å². The summed E-state index contributed by atoms with van der Waals surface area (Å²) in [6, 6.07) is 3.67. The van der Waals surface area contributed by atoms with Crippen LogP contribution in [0.2, 0.25) is 0 Å². The maximum absolute atomic E-state index is 11.4. The summed E-state index contributed by atoms with van der Waals surface area (Å²) < 4.78 is 28.9. The lowest BCUT2D eigenvalue weighted by atomic mass is 9.71. The normalized spacial score (nSPS) is 27.2. The molecular weight excluding hydrogens is 488 g/mol. The monoisotopic (exact) mass is 522 g/mol. The molecule has 6 rings (SSSR count). The van der Waals surface area contributed by atoms with E-state index in [4.69, 9.17) is 29.4 Å². The van der Waals surface area contributed by atoms with Gasteiger partial charge in [-0.1, -0.05) is 6.07 Å². The zero-order chi connectivity index (χ0) is 26.9. The van der Waals surface area contributed by atoms with Crippen LogP contribution in [-0.2, 0) is 17.6 Å². The van der Waals surface area contributed by atoms with E-state index in [1.54, 1.807) is 14.2 Å². The molecule has 1 saturated heterocycles. The van der Waals surface area contributed by atoms with E-state index in [1.165, 1.54) is 0 Å². The second-order valence-electron chi connectivity index (χ2n) is 10.5. The summed E-state index contributed by atoms with van der Waals surface area (Å²) in [4.78, 5) is 4.55. The van der Waals surface area contributed by atoms with Gasteiger partial charge in [-0.2, -0.15) is 5.26 Å². The molecule has 0 aromatic heterocycles. The van der Waals surface area contributed by atoms with Crippen LogP contribution >= 0.6 is 0 Å². The summed E-state index contributed by atoms with van der Waals surface area (Å²) >= 11 is 0. The fourth-order valence-electron chi connectivity index (χ4n) is 7.31. The molecule has 4 unspecified atom stereocenters. The van der Waals surface area contributed by atoms with Crippen molar-refractivity contribution in [3.05, 3.63) is 39.4 Å². The first-order valence-corrected chi connectivity index (χ1v) is 12.9. The third-order valence-electron chi connectivity index (χ3n) is 8.82. The van der Waals surface area contributed by atoms with Crippen LogP contribution in [-0.4, -0.2) is 74.4 Å². The zero-order valence-electron chi connectivity index (χ0n) is 22.4. The highest BCUT2D eigenvalue weighted by Crippen LogP contribution is 2.58. The number of fused-ring (bicyclic) bond motifs is 9. The molecule has 2 bridgehead atoms. The molecule has 0 spiro atoms. The molecule has 202 valence electrons. The van der Waals surface area contributed by atoms with E-state index in [-0.39, 0.29) is 50.0 Å². The van der Waals surface area contributed by atoms with Crippen LogP contribution in [0.1, 0.15) is 45.5 Å². The van der Waals surface area contributed by atoms with E-state index in [9.17, 15) is 10.4 Å². The van der Waals surface area contributed by atoms with E-state index in [0.29, 0.717) is 41.4 Å². The maximum Gasteiger partial charge on any atom is 0.231 e. The fourth-order valence-corrected chi connectivity index (χ4v) is 7.31. The number of ether oxygens (including phenoxy) is 5. The Kier molecular flexibility index (Phi) is 6.07. The number of methoxy groups -OCH3 is 2. The molecule has 38 heavy (non-hydrogen) atoms. The Labute approximate surface area is 222 Å². The number of piperazine rings is 1. The molecular formula is C28H34N4O6. The number of nitrogens with zero attached hydrogens (tertiary/aromatic N) is 3. The summed E-state index contributed by atoms with van der Waals surface area (Å²) in [5.74, 6) is 2.73. The Morgan fingerprint density at radius 2 is 1.89 bits per heavy atom. The topological polar surface area (TPSA) is 123 Å². The van der Waals surface area contributed by atoms with Gasteiger partial charge in [-0.25, -0.2) is 0 Å². The number of nitrogens with two attached hydrogens (primary N) is 1. The lowest BCUT2D eigenvalue weighted by Gasteiger charge is -2.60. The quantitative estimate of drug-likeness (QED) is 0.566. The van der Waals surface area contributed by atoms with Crippen molar-refractivity contribution in [1.82, 2.24) is 9.80 Å². The average molecular weight is 523 g/mol. The van der Waals surface area contributed by atoms with Crippen molar-refractivity contribution >= 4 is 0 Å². The molecule has 1 fully saturated rings. The fraction of sp³-hybridized carbons (Fsp3) is 0.536. The number of likely N-dealkylation sites (N-methyl/N-ethyl adjacent to an activating group) is 1. The Hall–Kier alpha value is -3.23. The maximum atomic E-state index is 11.4. The van der Waals surface area contributed by atoms with Crippen molar-refractivity contribution in [3.63, 3.8) is 0 Å². The molecule has 10 heteroatoms. The number of aryl methyl sites for hydroxylation is 1. The molecule has 4 heterocycles. The molecule has 0 saturated carbocycles. The van der Waals surface area contributed by atoms with Gasteiger partial charge in [0.2, 0.25) is 6.79 Å². The predicted molar refractivity (Wildman–Crippen MR) is 138 cm³/mol. The first kappa shape index (κ1) is 25.1. The lowest BCUT2D eigenvalue weighted by molar-refractivity contribution is -0.0719. The van der Waals surface area contributed by atoms with E-state index in [0.717, 1.165) is 27.8 Å². The van der Waals surface area contributed by atoms with Crippen LogP contribution in [0, 0.1) is 25.2 Å². The predicted octanol–water partition coefficient (Wildman–Crippen LogP) is 2.46. The molecule has 2 aromatic rings. The van der Waals surface area contributed by atoms with E-state index < -0.39 is 6.04 Å². The summed E-state index contributed by atoms with van der Waals surface area (Å²) in [6.45, 7) is 4.29. The number of hydrogen-bond donors (Lipinski definition) is 2. The minimum absolute atomic E-state index is 0.0586. The van der Waals surface area contributed by atoms with Gasteiger partial charge in [-0.3, -0.25) is 9.80 Å². The van der Waals surface area contributed by atoms with Gasteiger partial charge in [-0.15, -0.1) is 0 Å². The molecule has 0 amide bonds. The molecule has 4 aliphatic rings. The van der Waals surface area contributed by atoms with Gasteiger partial charge < -0.3 is 34.5 Å². The molecule has 0 radical (unpaired) electrons. The van der Waals surface area contributed by atoms with Gasteiger partial charge in [0, 0.05) is 48.0 Å². The van der Waals surface area contributed by atoms with Crippen molar-refractivity contribution < 1.29 is 28.8 Å². The number of phenolic OH excluding ortho intramolecular Hbond substituents is 1. The summed E-state index contributed by atoms with van der Waals surface area (Å²) in [7, 11) is 5.31. The van der Waals surface area contributed by atoms with Crippen LogP contribution in [0.15, 0.2) is 6.07 Å². The first-order chi connectivity index (χ1) is 18.4. The van der Waals surface area contributed by atoms with Gasteiger partial charge in [0.1, 0.15) is 11.8 Å². The molecule has 3 N–H and O–H groups in total. The second kappa shape index (κ2) is 9.20. The van der Waals surface area contributed by atoms with Gasteiger partial charge >= 0.3 is 0 Å². The second-order valence-corrected chi connectivity index (χ2v) is 10.5. The average Bonchev–Trinajstić information content (AvgIpc) is 3.40. The van der Waals surface area contributed by atoms with Crippen molar-refractivity contribution in [2.24, 2.45) is 5.73 Å². The molecule has 0 aliphatic carbocycles. The summed E-state index contributed by atoms with van der Waals surface area (Å²) in [6.07, 6.45) is 1.19. The van der Waals surface area contributed by atoms with Crippen LogP contribution in [0.25, 0.3) is 0 Å². The Bertz CT molecular complexity index is 1340. The number of benzene rings is 2. The van der Waals surface area contributed by atoms with E-state index in [2.05, 4.69) is 29.0 Å². The van der Waals surface area contributed by atoms with Crippen molar-refractivity contribution in [1.29, 1.82) is 5.26 Å². The van der Waals surface area contributed by atoms with Gasteiger partial charge in [0.05, 0.1) is 25.3 Å². The molecule has 4 aliphatic heterocycles. The largest absolute Gasteiger partial charge is 0.507 e. The van der Waals surface area contributed by atoms with Crippen molar-refractivity contribution in [3.8, 4) is 34.8 Å². The van der Waals surface area contributed by atoms with Crippen LogP contribution in [0.5, 0.6) is 28.7 Å². The molecule has 2 aromatic carbocycles. The van der Waals surface area contributed by atoms with Crippen LogP contribution in [0.4, 0.5) is 0 Å². The Balaban J connectivity index is 1.60. The standard InChI is InChI=1S/C28H34N4O6/c1-13-6-15-7-17-19(9-29)32-18(23(31(17)3)21(15)27(25(13)35-5)36-11-34-4)8-16-22(20(32)10-30)28-26(37-12-38-28)14(2)24(16)33/h6,17-20,23,33H,7-8,10-12,30H2,1-5H3/t17?,18?,19?,20?,23-/m0/s1. The number of nitriles is 1. The van der Waals surface area contributed by atoms with Gasteiger partial charge in [0.15, 0.2) is 29.8 Å². The highest BCUT2D eigenvalue weighted by molar-refractivity contribution is 5.66. The van der Waals surface area contributed by atoms with E-state index in [1.807, 2.05) is 13.8 Å². The lowest BCUT2D eigenvalue weighted by Crippen LogP contribution is -2.68. The zero-order valence-corrected chi connectivity index (χ0v) is 22.4. The third kappa shape index (κ3) is 3.26. The molecule has 5 atom stereocenters. The highest BCUT2D eigenvalue weighted by atomic mass is 16.7. The van der Waals surface area contributed by atoms with Gasteiger partial charge in [0.25, 0.3) is 0 Å². The number of hydrogen-bond acceptors (Lipinski definition) is 10. The smallest absolute Gasteiger partial charge is 0.231 e. The number of aromatic hydroxyl groups is 1. The van der Waals surface area contributed by atoms with Crippen LogP contribution in [0.3, 0.4) is 0 Å². The van der Waals surface area contributed by atoms with Crippen molar-refractivity contribution in [2.45, 2.75) is 56.9 Å². The minimum atomic E-state index is -0.414. The summed E-state index contributed by atoms with van der Waals surface area (Å²) in [5, 5.41) is 21.9. The SMILES string of the molecule is COCOc1c(OC)c(C)cc2c1[C@@H]1C3Cc4c(O)c(C)c5c(c4C(CN)N3C(C#N)C(C2)N1C)OCO5. The van der Waals surface area contributed by atoms with E-state index >= 15 is 0 Å². The highest BCUT2D eigenvalue weighted by Gasteiger charge is 2.56. The third-order valence-corrected chi connectivity index (χ3v) is 8.82. The minimum Gasteiger partial charge on any atom is -0.507 e. The van der Waals surface area contributed by atoms with Crippen molar-refractivity contribution in [2.75, 3.05) is 41.4 Å². The first-order valence-electron chi connectivity index (χ1n) is 12.9. The Morgan fingerprint density at radius 1 is 1.13 bits per heavy atom. The molecule has 10 nitrogen and oxygen atoms in total. The number of rotatable bonds is 5. The van der Waals surface area contributed by atoms with Gasteiger partial charge in [-0.05, 0) is 44.9 Å². The number of phenols is 1. The Morgan fingerprint density at radius 3 is 2.58 bits per heavy atom. The summed E-state index contributed by atoms with van der Waals surface area (Å²) in [5.41, 5.74) is 11.9.